The van der Waals surface area contributed by atoms with Gasteiger partial charge in [0.05, 0.1) is 0 Å². The maximum Gasteiger partial charge on any atom is -0.0380 e. The lowest BCUT2D eigenvalue weighted by Crippen LogP contribution is -2.08. The van der Waals surface area contributed by atoms with Gasteiger partial charge in [0.15, 0.2) is 0 Å². The van der Waals surface area contributed by atoms with E-state index >= 15 is 0 Å². The first-order chi connectivity index (χ1) is 4.83. The Kier molecular flexibility index (Phi) is 8.26. The number of rotatable bonds is 1. The molecule has 0 aromatic rings. The normalized spacial score (nSPS) is 10.9. The Balaban J connectivity index is 0. The molecule has 70 valence electrons. The van der Waals surface area contributed by atoms with Gasteiger partial charge in [0.1, 0.15) is 0 Å². The first-order valence-corrected chi connectivity index (χ1v) is 4.83. The minimum atomic E-state index is 0.522. The van der Waals surface area contributed by atoms with Crippen LogP contribution in [0.3, 0.4) is 0 Å². The molecule has 0 fully saturated rings. The lowest BCUT2D eigenvalue weighted by Gasteiger charge is -2.19. The summed E-state index contributed by atoms with van der Waals surface area (Å²) in [7, 11) is 0. The van der Waals surface area contributed by atoms with E-state index in [1.165, 1.54) is 12.8 Å². The van der Waals surface area contributed by atoms with Crippen LogP contribution in [-0.4, -0.2) is 0 Å². The highest BCUT2D eigenvalue weighted by atomic mass is 14.2. The lowest BCUT2D eigenvalue weighted by atomic mass is 9.86. The van der Waals surface area contributed by atoms with Crippen LogP contribution in [0.4, 0.5) is 0 Å². The van der Waals surface area contributed by atoms with E-state index < -0.39 is 0 Å². The fraction of sp³-hybridized carbons (Fsp3) is 1.00. The summed E-state index contributed by atoms with van der Waals surface area (Å²) in [5.74, 6) is 0.843. The van der Waals surface area contributed by atoms with Gasteiger partial charge in [-0.2, -0.15) is 0 Å². The predicted octanol–water partition coefficient (Wildman–Crippen LogP) is 4.49. The molecule has 0 aromatic heterocycles. The molecule has 0 aliphatic rings. The Hall–Kier alpha value is 0. The predicted molar refractivity (Wildman–Crippen MR) is 54.9 cm³/mol. The van der Waals surface area contributed by atoms with Crippen molar-refractivity contribution in [1.29, 1.82) is 0 Å². The van der Waals surface area contributed by atoms with Crippen LogP contribution in [-0.2, 0) is 0 Å². The molecule has 0 rings (SSSR count). The number of hydrogen-bond donors (Lipinski definition) is 0. The standard InChI is InChI=1S/C8H18.C3H8/c1-7(2)6-8(3,4)5;1-3-2/h7H,6H2,1-5H3;3H2,1-2H3. The molecule has 0 radical (unpaired) electrons. The summed E-state index contributed by atoms with van der Waals surface area (Å²) >= 11 is 0. The van der Waals surface area contributed by atoms with Crippen molar-refractivity contribution in [3.63, 3.8) is 0 Å². The monoisotopic (exact) mass is 158 g/mol. The molecular weight excluding hydrogens is 132 g/mol. The number of hydrogen-bond acceptors (Lipinski definition) is 0. The van der Waals surface area contributed by atoms with Crippen LogP contribution in [0, 0.1) is 11.3 Å². The smallest absolute Gasteiger partial charge is 0.0380 e. The Morgan fingerprint density at radius 3 is 1.27 bits per heavy atom. The molecule has 0 bridgehead atoms. The van der Waals surface area contributed by atoms with Gasteiger partial charge in [0.2, 0.25) is 0 Å². The van der Waals surface area contributed by atoms with Crippen molar-refractivity contribution in [2.24, 2.45) is 11.3 Å². The Labute approximate surface area is 73.4 Å². The van der Waals surface area contributed by atoms with E-state index in [0.717, 1.165) is 5.92 Å². The lowest BCUT2D eigenvalue weighted by molar-refractivity contribution is 0.320. The summed E-state index contributed by atoms with van der Waals surface area (Å²) in [4.78, 5) is 0. The average Bonchev–Trinajstić information content (AvgIpc) is 1.57. The molecule has 0 aliphatic heterocycles. The Morgan fingerprint density at radius 2 is 1.27 bits per heavy atom. The van der Waals surface area contributed by atoms with E-state index in [1.54, 1.807) is 0 Å². The molecule has 0 amide bonds. The minimum Gasteiger partial charge on any atom is -0.0656 e. The summed E-state index contributed by atoms with van der Waals surface area (Å²) in [5, 5.41) is 0. The molecule has 0 aliphatic carbocycles. The van der Waals surface area contributed by atoms with Gasteiger partial charge in [0, 0.05) is 0 Å². The Morgan fingerprint density at radius 1 is 1.00 bits per heavy atom. The van der Waals surface area contributed by atoms with Crippen LogP contribution in [0.1, 0.15) is 61.3 Å². The third-order valence-corrected chi connectivity index (χ3v) is 1.02. The van der Waals surface area contributed by atoms with Crippen LogP contribution < -0.4 is 0 Å². The zero-order valence-electron chi connectivity index (χ0n) is 9.49. The molecule has 0 unspecified atom stereocenters. The molecule has 0 spiro atoms. The highest BCUT2D eigenvalue weighted by Gasteiger charge is 2.11. The topological polar surface area (TPSA) is 0 Å². The van der Waals surface area contributed by atoms with Crippen LogP contribution in [0.25, 0.3) is 0 Å². The van der Waals surface area contributed by atoms with E-state index in [1.807, 2.05) is 0 Å². The second kappa shape index (κ2) is 6.69. The SMILES string of the molecule is CC(C)CC(C)(C)C.CCC. The van der Waals surface area contributed by atoms with Crippen molar-refractivity contribution in [1.82, 2.24) is 0 Å². The largest absolute Gasteiger partial charge is 0.0656 e. The van der Waals surface area contributed by atoms with E-state index in [2.05, 4.69) is 48.5 Å². The van der Waals surface area contributed by atoms with Crippen molar-refractivity contribution in [2.45, 2.75) is 61.3 Å². The fourth-order valence-electron chi connectivity index (χ4n) is 1.22. The van der Waals surface area contributed by atoms with Gasteiger partial charge >= 0.3 is 0 Å². The molecule has 0 atom stereocenters. The first kappa shape index (κ1) is 13.6. The molecule has 11 heavy (non-hydrogen) atoms. The molecule has 0 nitrogen and oxygen atoms in total. The third kappa shape index (κ3) is 25.6. The molecular formula is C11H26. The van der Waals surface area contributed by atoms with Crippen LogP contribution >= 0.6 is 0 Å². The van der Waals surface area contributed by atoms with Crippen LogP contribution in [0.5, 0.6) is 0 Å². The van der Waals surface area contributed by atoms with Gasteiger partial charge in [-0.05, 0) is 17.8 Å². The van der Waals surface area contributed by atoms with Crippen molar-refractivity contribution >= 4 is 0 Å². The second-order valence-corrected chi connectivity index (χ2v) is 4.87. The zero-order chi connectivity index (χ0) is 9.49. The Bertz CT molecular complexity index is 64.6. The summed E-state index contributed by atoms with van der Waals surface area (Å²) < 4.78 is 0. The van der Waals surface area contributed by atoms with Gasteiger partial charge in [-0.15, -0.1) is 0 Å². The molecule has 0 saturated heterocycles. The van der Waals surface area contributed by atoms with Crippen molar-refractivity contribution in [2.75, 3.05) is 0 Å². The highest BCUT2D eigenvalue weighted by molar-refractivity contribution is 4.62. The molecule has 0 saturated carbocycles. The molecule has 0 aromatic carbocycles. The average molecular weight is 158 g/mol. The summed E-state index contributed by atoms with van der Waals surface area (Å²) in [5.41, 5.74) is 0.522. The van der Waals surface area contributed by atoms with Crippen LogP contribution in [0.2, 0.25) is 0 Å². The summed E-state index contributed by atoms with van der Waals surface area (Å²) in [6.45, 7) is 15.6. The van der Waals surface area contributed by atoms with Crippen LogP contribution in [0.15, 0.2) is 0 Å². The zero-order valence-corrected chi connectivity index (χ0v) is 9.49. The second-order valence-electron chi connectivity index (χ2n) is 4.87. The third-order valence-electron chi connectivity index (χ3n) is 1.02. The van der Waals surface area contributed by atoms with E-state index in [4.69, 9.17) is 0 Å². The van der Waals surface area contributed by atoms with E-state index in [0.29, 0.717) is 5.41 Å². The molecule has 0 N–H and O–H groups in total. The summed E-state index contributed by atoms with van der Waals surface area (Å²) in [6.07, 6.45) is 2.58. The van der Waals surface area contributed by atoms with Gasteiger partial charge < -0.3 is 0 Å². The maximum absolute atomic E-state index is 2.28. The molecule has 0 heteroatoms. The van der Waals surface area contributed by atoms with Crippen molar-refractivity contribution in [3.05, 3.63) is 0 Å². The quantitative estimate of drug-likeness (QED) is 0.527. The van der Waals surface area contributed by atoms with Crippen molar-refractivity contribution < 1.29 is 0 Å². The first-order valence-electron chi connectivity index (χ1n) is 4.83. The van der Waals surface area contributed by atoms with E-state index in [-0.39, 0.29) is 0 Å². The van der Waals surface area contributed by atoms with Gasteiger partial charge in [0.25, 0.3) is 0 Å². The van der Waals surface area contributed by atoms with Gasteiger partial charge in [-0.3, -0.25) is 0 Å². The van der Waals surface area contributed by atoms with Crippen molar-refractivity contribution in [3.8, 4) is 0 Å². The molecule has 0 heterocycles. The fourth-order valence-corrected chi connectivity index (χ4v) is 1.22. The minimum absolute atomic E-state index is 0.522. The van der Waals surface area contributed by atoms with Gasteiger partial charge in [-0.1, -0.05) is 54.9 Å². The summed E-state index contributed by atoms with van der Waals surface area (Å²) in [6, 6.07) is 0. The van der Waals surface area contributed by atoms with Gasteiger partial charge in [-0.25, -0.2) is 0 Å². The van der Waals surface area contributed by atoms with E-state index in [9.17, 15) is 0 Å². The highest BCUT2D eigenvalue weighted by Crippen LogP contribution is 2.23. The maximum atomic E-state index is 2.28.